The van der Waals surface area contributed by atoms with Crippen LogP contribution in [0.25, 0.3) is 28.3 Å². The minimum atomic E-state index is -0.826. The van der Waals surface area contributed by atoms with Gasteiger partial charge in [0.05, 0.1) is 0 Å². The van der Waals surface area contributed by atoms with Crippen LogP contribution in [0.4, 0.5) is 0 Å². The molecular weight excluding hydrogens is 583 g/mol. The van der Waals surface area contributed by atoms with E-state index in [0.29, 0.717) is 11.8 Å². The Bertz CT molecular complexity index is 1410. The average Bonchev–Trinajstić information content (AvgIpc) is 3.41. The van der Waals surface area contributed by atoms with E-state index in [1.165, 1.54) is 68.5 Å². The van der Waals surface area contributed by atoms with Crippen molar-refractivity contribution in [3.63, 3.8) is 0 Å². The van der Waals surface area contributed by atoms with Crippen molar-refractivity contribution in [1.82, 2.24) is 0 Å². The molecule has 4 aromatic rings. The van der Waals surface area contributed by atoms with Gasteiger partial charge in [-0.3, -0.25) is 0 Å². The molecule has 0 radical (unpaired) electrons. The van der Waals surface area contributed by atoms with E-state index in [1.54, 1.807) is 0 Å². The zero-order valence-electron chi connectivity index (χ0n) is 22.6. The predicted octanol–water partition coefficient (Wildman–Crippen LogP) is 11.1. The van der Waals surface area contributed by atoms with Crippen LogP contribution in [-0.2, 0) is 26.3 Å². The van der Waals surface area contributed by atoms with Gasteiger partial charge in [-0.25, -0.2) is 0 Å². The molecule has 192 valence electrons. The van der Waals surface area contributed by atoms with Crippen LogP contribution in [0.3, 0.4) is 0 Å². The maximum atomic E-state index is 4.93. The zero-order chi connectivity index (χ0) is 26.9. The Morgan fingerprint density at radius 3 is 1.71 bits per heavy atom. The zero-order valence-corrected chi connectivity index (χ0v) is 26.5. The standard InChI is InChI=1S/C35H34.2ClH.Zr/c1-23-22-34-27(24-16-18-25(19-17-24)35(2,3)4)14-9-15-28(34)26(23)20-21-33-31-12-7-5-10-29(31)30-11-6-8-13-32(30)33;;;/h5-19,22,26,33H,20-21H2,1-4H3;2*1H;/q;;;+2/p-2. The van der Waals surface area contributed by atoms with E-state index >= 15 is 0 Å². The van der Waals surface area contributed by atoms with Crippen LogP contribution in [0, 0.1) is 0 Å². The molecule has 4 aromatic carbocycles. The Morgan fingerprint density at radius 1 is 0.632 bits per heavy atom. The molecule has 0 nitrogen and oxygen atoms in total. The third kappa shape index (κ3) is 5.40. The summed E-state index contributed by atoms with van der Waals surface area (Å²) >= 11 is -0.826. The number of hydrogen-bond donors (Lipinski definition) is 0. The van der Waals surface area contributed by atoms with Crippen molar-refractivity contribution >= 4 is 23.1 Å². The van der Waals surface area contributed by atoms with Crippen molar-refractivity contribution in [2.24, 2.45) is 0 Å². The second-order valence-corrected chi connectivity index (χ2v) is 15.2. The van der Waals surface area contributed by atoms with Gasteiger partial charge in [0.1, 0.15) is 0 Å². The molecule has 0 N–H and O–H groups in total. The normalized spacial score (nSPS) is 15.6. The van der Waals surface area contributed by atoms with Crippen molar-refractivity contribution in [2.75, 3.05) is 0 Å². The predicted molar refractivity (Wildman–Crippen MR) is 162 cm³/mol. The van der Waals surface area contributed by atoms with E-state index in [0.717, 1.165) is 0 Å². The van der Waals surface area contributed by atoms with Gasteiger partial charge in [-0.15, -0.1) is 0 Å². The Kier molecular flexibility index (Phi) is 8.49. The summed E-state index contributed by atoms with van der Waals surface area (Å²) in [6.07, 6.45) is 4.80. The van der Waals surface area contributed by atoms with Gasteiger partial charge in [0.25, 0.3) is 0 Å². The number of rotatable bonds is 4. The third-order valence-electron chi connectivity index (χ3n) is 8.21. The van der Waals surface area contributed by atoms with Crippen LogP contribution >= 0.6 is 17.0 Å². The molecule has 0 saturated heterocycles. The van der Waals surface area contributed by atoms with Gasteiger partial charge in [-0.2, -0.15) is 0 Å². The van der Waals surface area contributed by atoms with Gasteiger partial charge in [0, 0.05) is 11.8 Å². The topological polar surface area (TPSA) is 0 Å². The molecule has 0 bridgehead atoms. The fourth-order valence-corrected chi connectivity index (χ4v) is 6.31. The van der Waals surface area contributed by atoms with Gasteiger partial charge in [0.15, 0.2) is 0 Å². The van der Waals surface area contributed by atoms with E-state index in [1.807, 2.05) is 0 Å². The van der Waals surface area contributed by atoms with E-state index < -0.39 is 20.8 Å². The molecule has 6 rings (SSSR count). The molecule has 0 heterocycles. The summed E-state index contributed by atoms with van der Waals surface area (Å²) in [7, 11) is 9.87. The van der Waals surface area contributed by atoms with Crippen LogP contribution in [0.2, 0.25) is 0 Å². The first-order valence-corrected chi connectivity index (χ1v) is 19.7. The molecule has 0 fully saturated rings. The van der Waals surface area contributed by atoms with E-state index in [4.69, 9.17) is 17.0 Å². The van der Waals surface area contributed by atoms with Gasteiger partial charge in [-0.1, -0.05) is 123 Å². The molecule has 2 aliphatic rings. The summed E-state index contributed by atoms with van der Waals surface area (Å²) in [6.45, 7) is 9.16. The average molecular weight is 617 g/mol. The van der Waals surface area contributed by atoms with Crippen molar-refractivity contribution < 1.29 is 20.8 Å². The van der Waals surface area contributed by atoms with Crippen molar-refractivity contribution in [2.45, 2.75) is 57.8 Å². The number of hydrogen-bond acceptors (Lipinski definition) is 0. The SMILES string of the molecule is CC1=Cc2c(-c3ccc(C(C)(C)C)cc3)cccc2C1CCC1c2ccccc2-c2ccccc21.[Cl][Zr][Cl]. The first kappa shape index (κ1) is 27.6. The molecular formula is C35H34Cl2Zr. The van der Waals surface area contributed by atoms with Crippen molar-refractivity contribution in [3.05, 3.63) is 124 Å². The fraction of sp³-hybridized carbons (Fsp3) is 0.257. The number of allylic oxidation sites excluding steroid dienone is 1. The first-order valence-electron chi connectivity index (χ1n) is 13.4. The van der Waals surface area contributed by atoms with E-state index in [9.17, 15) is 0 Å². The summed E-state index contributed by atoms with van der Waals surface area (Å²) in [4.78, 5) is 0. The third-order valence-corrected chi connectivity index (χ3v) is 8.21. The molecule has 3 heteroatoms. The van der Waals surface area contributed by atoms with E-state index in [-0.39, 0.29) is 5.41 Å². The quantitative estimate of drug-likeness (QED) is 0.214. The van der Waals surface area contributed by atoms with Crippen molar-refractivity contribution in [3.8, 4) is 22.3 Å². The summed E-state index contributed by atoms with van der Waals surface area (Å²) in [5.41, 5.74) is 14.5. The monoisotopic (exact) mass is 614 g/mol. The molecule has 1 atom stereocenters. The molecule has 0 spiro atoms. The summed E-state index contributed by atoms with van der Waals surface area (Å²) in [5.74, 6) is 0.992. The Balaban J connectivity index is 0.000000937. The van der Waals surface area contributed by atoms with Gasteiger partial charge < -0.3 is 0 Å². The Hall–Kier alpha value is -1.92. The summed E-state index contributed by atoms with van der Waals surface area (Å²) < 4.78 is 0. The van der Waals surface area contributed by atoms with Crippen LogP contribution in [0.15, 0.2) is 96.6 Å². The second-order valence-electron chi connectivity index (χ2n) is 11.5. The minimum absolute atomic E-state index is 0.177. The number of halogens is 2. The number of benzene rings is 4. The fourth-order valence-electron chi connectivity index (χ4n) is 6.31. The molecule has 2 aliphatic carbocycles. The molecule has 0 amide bonds. The van der Waals surface area contributed by atoms with Gasteiger partial charge in [0.2, 0.25) is 0 Å². The van der Waals surface area contributed by atoms with Gasteiger partial charge >= 0.3 is 37.9 Å². The second kappa shape index (κ2) is 11.7. The van der Waals surface area contributed by atoms with Gasteiger partial charge in [-0.05, 0) is 75.3 Å². The Labute approximate surface area is 246 Å². The van der Waals surface area contributed by atoms with E-state index in [2.05, 4.69) is 125 Å². The van der Waals surface area contributed by atoms with Crippen LogP contribution in [-0.4, -0.2) is 0 Å². The molecule has 0 aromatic heterocycles. The molecule has 1 unspecified atom stereocenters. The molecule has 0 aliphatic heterocycles. The first-order chi connectivity index (χ1) is 18.3. The van der Waals surface area contributed by atoms with Crippen LogP contribution in [0.1, 0.15) is 80.2 Å². The molecule has 0 saturated carbocycles. The summed E-state index contributed by atoms with van der Waals surface area (Å²) in [5, 5.41) is 0. The maximum absolute atomic E-state index is 4.93. The summed E-state index contributed by atoms with van der Waals surface area (Å²) in [6, 6.07) is 34.1. The Morgan fingerprint density at radius 2 is 1.13 bits per heavy atom. The number of fused-ring (bicyclic) bond motifs is 4. The van der Waals surface area contributed by atoms with Crippen LogP contribution in [0.5, 0.6) is 0 Å². The molecule has 38 heavy (non-hydrogen) atoms. The van der Waals surface area contributed by atoms with Crippen molar-refractivity contribution in [1.29, 1.82) is 0 Å². The van der Waals surface area contributed by atoms with Crippen LogP contribution < -0.4 is 0 Å².